The molecule has 1 heterocycles. The van der Waals surface area contributed by atoms with Crippen LogP contribution >= 0.6 is 11.8 Å². The summed E-state index contributed by atoms with van der Waals surface area (Å²) in [6.07, 6.45) is 5.31. The Balaban J connectivity index is 2.23. The van der Waals surface area contributed by atoms with Gasteiger partial charge in [-0.05, 0) is 36.8 Å². The van der Waals surface area contributed by atoms with Crippen molar-refractivity contribution in [1.82, 2.24) is 9.97 Å². The molecule has 0 aliphatic heterocycles. The van der Waals surface area contributed by atoms with E-state index in [0.29, 0.717) is 11.6 Å². The molecule has 0 aliphatic rings. The van der Waals surface area contributed by atoms with Gasteiger partial charge in [-0.3, -0.25) is 4.79 Å². The highest BCUT2D eigenvalue weighted by Gasteiger charge is 2.11. The molecule has 23 heavy (non-hydrogen) atoms. The van der Waals surface area contributed by atoms with E-state index in [1.807, 2.05) is 30.5 Å². The molecule has 2 aromatic rings. The maximum atomic E-state index is 12.4. The van der Waals surface area contributed by atoms with Crippen molar-refractivity contribution in [3.05, 3.63) is 51.4 Å². The molecule has 124 valence electrons. The molecular formula is C18H24N2O2S. The van der Waals surface area contributed by atoms with E-state index in [-0.39, 0.29) is 5.56 Å². The SMILES string of the molecule is CCCOc1ccc(Cc2c(CCC)nc(SC)[nH]c2=O)cc1. The van der Waals surface area contributed by atoms with Crippen LogP contribution in [0.2, 0.25) is 0 Å². The van der Waals surface area contributed by atoms with Gasteiger partial charge in [-0.2, -0.15) is 0 Å². The number of benzene rings is 1. The minimum Gasteiger partial charge on any atom is -0.494 e. The molecule has 0 atom stereocenters. The van der Waals surface area contributed by atoms with E-state index in [2.05, 4.69) is 23.8 Å². The molecule has 1 N–H and O–H groups in total. The van der Waals surface area contributed by atoms with Gasteiger partial charge in [0.05, 0.1) is 12.3 Å². The van der Waals surface area contributed by atoms with E-state index in [4.69, 9.17) is 4.74 Å². The number of aromatic nitrogens is 2. The molecule has 0 radical (unpaired) electrons. The second-order valence-electron chi connectivity index (χ2n) is 5.42. The number of nitrogens with zero attached hydrogens (tertiary/aromatic N) is 1. The smallest absolute Gasteiger partial charge is 0.255 e. The van der Waals surface area contributed by atoms with Gasteiger partial charge in [0.1, 0.15) is 5.75 Å². The van der Waals surface area contributed by atoms with Crippen LogP contribution < -0.4 is 10.3 Å². The van der Waals surface area contributed by atoms with Crippen molar-refractivity contribution in [3.8, 4) is 5.75 Å². The summed E-state index contributed by atoms with van der Waals surface area (Å²) in [5, 5.41) is 0.686. The largest absolute Gasteiger partial charge is 0.494 e. The number of rotatable bonds is 8. The molecule has 0 saturated carbocycles. The number of ether oxygens (including phenoxy) is 1. The van der Waals surface area contributed by atoms with Crippen molar-refractivity contribution in [2.75, 3.05) is 12.9 Å². The van der Waals surface area contributed by atoms with Gasteiger partial charge in [0.25, 0.3) is 5.56 Å². The van der Waals surface area contributed by atoms with E-state index in [0.717, 1.165) is 48.4 Å². The van der Waals surface area contributed by atoms with Gasteiger partial charge in [0, 0.05) is 12.0 Å². The Bertz CT molecular complexity index is 680. The van der Waals surface area contributed by atoms with Gasteiger partial charge < -0.3 is 9.72 Å². The number of H-pyrrole nitrogens is 1. The van der Waals surface area contributed by atoms with Crippen molar-refractivity contribution in [2.24, 2.45) is 0 Å². The summed E-state index contributed by atoms with van der Waals surface area (Å²) in [6, 6.07) is 7.95. The number of hydrogen-bond acceptors (Lipinski definition) is 4. The van der Waals surface area contributed by atoms with Gasteiger partial charge in [-0.15, -0.1) is 0 Å². The lowest BCUT2D eigenvalue weighted by atomic mass is 10.0. The molecule has 0 saturated heterocycles. The van der Waals surface area contributed by atoms with Gasteiger partial charge in [0.2, 0.25) is 0 Å². The summed E-state index contributed by atoms with van der Waals surface area (Å²) in [6.45, 7) is 4.91. The Labute approximate surface area is 141 Å². The predicted octanol–water partition coefficient (Wildman–Crippen LogP) is 3.82. The first-order chi connectivity index (χ1) is 11.2. The van der Waals surface area contributed by atoms with E-state index in [1.54, 1.807) is 0 Å². The second kappa shape index (κ2) is 8.77. The zero-order valence-electron chi connectivity index (χ0n) is 14.0. The standard InChI is InChI=1S/C18H24N2O2S/c1-4-6-16-15(17(21)20-18(19-16)23-3)12-13-7-9-14(10-8-13)22-11-5-2/h7-10H,4-6,11-12H2,1-3H3,(H,19,20,21). The van der Waals surface area contributed by atoms with Crippen LogP contribution in [0, 0.1) is 0 Å². The first-order valence-electron chi connectivity index (χ1n) is 8.05. The highest BCUT2D eigenvalue weighted by Crippen LogP contribution is 2.17. The third kappa shape index (κ3) is 4.86. The van der Waals surface area contributed by atoms with E-state index < -0.39 is 0 Å². The quantitative estimate of drug-likeness (QED) is 0.590. The maximum Gasteiger partial charge on any atom is 0.255 e. The van der Waals surface area contributed by atoms with Gasteiger partial charge in [0.15, 0.2) is 5.16 Å². The zero-order valence-corrected chi connectivity index (χ0v) is 14.8. The van der Waals surface area contributed by atoms with Crippen LogP contribution in [-0.4, -0.2) is 22.8 Å². The highest BCUT2D eigenvalue weighted by molar-refractivity contribution is 7.98. The third-order valence-electron chi connectivity index (χ3n) is 3.54. The summed E-state index contributed by atoms with van der Waals surface area (Å²) in [5.74, 6) is 0.870. The summed E-state index contributed by atoms with van der Waals surface area (Å²) in [7, 11) is 0. The van der Waals surface area contributed by atoms with Gasteiger partial charge >= 0.3 is 0 Å². The van der Waals surface area contributed by atoms with E-state index in [9.17, 15) is 4.79 Å². The molecule has 2 rings (SSSR count). The van der Waals surface area contributed by atoms with Crippen LogP contribution in [0.5, 0.6) is 5.75 Å². The first kappa shape index (κ1) is 17.6. The third-order valence-corrected chi connectivity index (χ3v) is 4.12. The lowest BCUT2D eigenvalue weighted by molar-refractivity contribution is 0.317. The Morgan fingerprint density at radius 2 is 1.91 bits per heavy atom. The number of aromatic amines is 1. The lowest BCUT2D eigenvalue weighted by Crippen LogP contribution is -2.19. The summed E-state index contributed by atoms with van der Waals surface area (Å²) < 4.78 is 5.59. The second-order valence-corrected chi connectivity index (χ2v) is 6.21. The monoisotopic (exact) mass is 332 g/mol. The van der Waals surface area contributed by atoms with Gasteiger partial charge in [-0.25, -0.2) is 4.98 Å². The van der Waals surface area contributed by atoms with Crippen molar-refractivity contribution < 1.29 is 4.74 Å². The average molecular weight is 332 g/mol. The fourth-order valence-electron chi connectivity index (χ4n) is 2.37. The highest BCUT2D eigenvalue weighted by atomic mass is 32.2. The first-order valence-corrected chi connectivity index (χ1v) is 9.28. The van der Waals surface area contributed by atoms with E-state index >= 15 is 0 Å². The van der Waals surface area contributed by atoms with Crippen molar-refractivity contribution >= 4 is 11.8 Å². The molecule has 0 fully saturated rings. The fraction of sp³-hybridized carbons (Fsp3) is 0.444. The molecule has 0 aliphatic carbocycles. The number of hydrogen-bond donors (Lipinski definition) is 1. The van der Waals surface area contributed by atoms with Crippen molar-refractivity contribution in [2.45, 2.75) is 44.7 Å². The Kier molecular flexibility index (Phi) is 6.71. The number of aryl methyl sites for hydroxylation is 1. The van der Waals surface area contributed by atoms with Crippen molar-refractivity contribution in [1.29, 1.82) is 0 Å². The molecule has 4 nitrogen and oxygen atoms in total. The minimum atomic E-state index is -0.0286. The zero-order chi connectivity index (χ0) is 16.7. The molecular weight excluding hydrogens is 308 g/mol. The number of thioether (sulfide) groups is 1. The van der Waals surface area contributed by atoms with Gasteiger partial charge in [-0.1, -0.05) is 44.2 Å². The summed E-state index contributed by atoms with van der Waals surface area (Å²) in [5.41, 5.74) is 2.74. The van der Waals surface area contributed by atoms with Crippen molar-refractivity contribution in [3.63, 3.8) is 0 Å². The Hall–Kier alpha value is -1.75. The molecule has 5 heteroatoms. The van der Waals surface area contributed by atoms with Crippen LogP contribution in [0.3, 0.4) is 0 Å². The van der Waals surface area contributed by atoms with E-state index in [1.165, 1.54) is 11.8 Å². The summed E-state index contributed by atoms with van der Waals surface area (Å²) >= 11 is 1.46. The Morgan fingerprint density at radius 1 is 1.17 bits per heavy atom. The Morgan fingerprint density at radius 3 is 2.52 bits per heavy atom. The van der Waals surface area contributed by atoms with Crippen LogP contribution in [0.15, 0.2) is 34.2 Å². The van der Waals surface area contributed by atoms with Crippen LogP contribution in [-0.2, 0) is 12.8 Å². The average Bonchev–Trinajstić information content (AvgIpc) is 2.57. The molecule has 1 aromatic heterocycles. The topological polar surface area (TPSA) is 55.0 Å². The summed E-state index contributed by atoms with van der Waals surface area (Å²) in [4.78, 5) is 19.8. The normalized spacial score (nSPS) is 10.7. The van der Waals surface area contributed by atoms with Crippen LogP contribution in [0.4, 0.5) is 0 Å². The van der Waals surface area contributed by atoms with Crippen LogP contribution in [0.25, 0.3) is 0 Å². The molecule has 0 bridgehead atoms. The predicted molar refractivity (Wildman–Crippen MR) is 95.7 cm³/mol. The molecule has 0 unspecified atom stereocenters. The van der Waals surface area contributed by atoms with Crippen LogP contribution in [0.1, 0.15) is 43.5 Å². The minimum absolute atomic E-state index is 0.0286. The molecule has 0 spiro atoms. The fourth-order valence-corrected chi connectivity index (χ4v) is 2.77. The maximum absolute atomic E-state index is 12.4. The lowest BCUT2D eigenvalue weighted by Gasteiger charge is -2.10. The molecule has 1 aromatic carbocycles. The molecule has 0 amide bonds. The number of nitrogens with one attached hydrogen (secondary N) is 1.